The molecule has 2 rings (SSSR count). The maximum Gasteiger partial charge on any atom is 0.258 e. The standard InChI is InChI=1S/C15H21N3O/c1-13-4-3-5-14(12-13)6-7-15(19)16-18-10-8-17(2)9-11-18/h3-7,12H,8-11H2,1-2H3,(H,16,19)/p+1/b7-6+. The summed E-state index contributed by atoms with van der Waals surface area (Å²) < 4.78 is 0. The summed E-state index contributed by atoms with van der Waals surface area (Å²) in [6.45, 7) is 6.01. The summed E-state index contributed by atoms with van der Waals surface area (Å²) in [6, 6.07) is 8.10. The van der Waals surface area contributed by atoms with Crippen LogP contribution in [0.3, 0.4) is 0 Å². The SMILES string of the molecule is Cc1cccc(/C=C/C(=O)NN2CC[NH+](C)CC2)c1. The molecule has 4 heteroatoms. The molecule has 0 saturated carbocycles. The first-order chi connectivity index (χ1) is 9.13. The second-order valence-electron chi connectivity index (χ2n) is 5.17. The van der Waals surface area contributed by atoms with Crippen molar-refractivity contribution in [3.05, 3.63) is 41.5 Å². The average molecular weight is 260 g/mol. The molecule has 1 fully saturated rings. The monoisotopic (exact) mass is 260 g/mol. The Hall–Kier alpha value is -1.65. The van der Waals surface area contributed by atoms with E-state index in [1.165, 1.54) is 10.5 Å². The van der Waals surface area contributed by atoms with E-state index in [9.17, 15) is 4.79 Å². The first-order valence-electron chi connectivity index (χ1n) is 6.75. The van der Waals surface area contributed by atoms with Gasteiger partial charge in [-0.2, -0.15) is 0 Å². The van der Waals surface area contributed by atoms with Crippen molar-refractivity contribution in [1.29, 1.82) is 0 Å². The average Bonchev–Trinajstić information content (AvgIpc) is 2.39. The van der Waals surface area contributed by atoms with E-state index in [0.29, 0.717) is 0 Å². The number of hydrazine groups is 1. The summed E-state index contributed by atoms with van der Waals surface area (Å²) in [7, 11) is 2.18. The van der Waals surface area contributed by atoms with E-state index < -0.39 is 0 Å². The van der Waals surface area contributed by atoms with E-state index in [1.807, 2.05) is 36.2 Å². The summed E-state index contributed by atoms with van der Waals surface area (Å²) in [5.41, 5.74) is 5.17. The van der Waals surface area contributed by atoms with Crippen molar-refractivity contribution in [1.82, 2.24) is 10.4 Å². The highest BCUT2D eigenvalue weighted by Gasteiger charge is 2.16. The molecular formula is C15H22N3O+. The minimum absolute atomic E-state index is 0.0546. The number of rotatable bonds is 3. The molecule has 0 aliphatic carbocycles. The zero-order valence-electron chi connectivity index (χ0n) is 11.6. The Morgan fingerprint density at radius 1 is 1.37 bits per heavy atom. The second kappa shape index (κ2) is 6.50. The van der Waals surface area contributed by atoms with Gasteiger partial charge in [0, 0.05) is 6.08 Å². The zero-order chi connectivity index (χ0) is 13.7. The predicted octanol–water partition coefficient (Wildman–Crippen LogP) is -0.130. The van der Waals surface area contributed by atoms with Gasteiger partial charge in [-0.25, -0.2) is 5.01 Å². The highest BCUT2D eigenvalue weighted by atomic mass is 16.2. The Kier molecular flexibility index (Phi) is 4.71. The summed E-state index contributed by atoms with van der Waals surface area (Å²) in [6.07, 6.45) is 3.45. The Balaban J connectivity index is 1.84. The molecular weight excluding hydrogens is 238 g/mol. The molecule has 1 heterocycles. The first kappa shape index (κ1) is 13.8. The highest BCUT2D eigenvalue weighted by molar-refractivity contribution is 5.91. The van der Waals surface area contributed by atoms with Crippen LogP contribution in [0.5, 0.6) is 0 Å². The summed E-state index contributed by atoms with van der Waals surface area (Å²) in [4.78, 5) is 13.3. The minimum Gasteiger partial charge on any atom is -0.335 e. The fraction of sp³-hybridized carbons (Fsp3) is 0.400. The molecule has 0 radical (unpaired) electrons. The van der Waals surface area contributed by atoms with E-state index in [-0.39, 0.29) is 5.91 Å². The van der Waals surface area contributed by atoms with Gasteiger partial charge in [0.25, 0.3) is 5.91 Å². The van der Waals surface area contributed by atoms with Gasteiger partial charge < -0.3 is 4.90 Å². The van der Waals surface area contributed by atoms with E-state index in [0.717, 1.165) is 31.7 Å². The normalized spacial score (nSPS) is 17.8. The van der Waals surface area contributed by atoms with Crippen LogP contribution in [-0.4, -0.2) is 44.1 Å². The third kappa shape index (κ3) is 4.50. The predicted molar refractivity (Wildman–Crippen MR) is 76.5 cm³/mol. The lowest BCUT2D eigenvalue weighted by Gasteiger charge is -2.29. The quantitative estimate of drug-likeness (QED) is 0.743. The Morgan fingerprint density at radius 3 is 2.79 bits per heavy atom. The Morgan fingerprint density at radius 2 is 2.11 bits per heavy atom. The lowest BCUT2D eigenvalue weighted by molar-refractivity contribution is -0.884. The number of hydrogen-bond donors (Lipinski definition) is 2. The van der Waals surface area contributed by atoms with Crippen molar-refractivity contribution in [2.45, 2.75) is 6.92 Å². The largest absolute Gasteiger partial charge is 0.335 e. The second-order valence-corrected chi connectivity index (χ2v) is 5.17. The fourth-order valence-corrected chi connectivity index (χ4v) is 2.14. The Labute approximate surface area is 114 Å². The highest BCUT2D eigenvalue weighted by Crippen LogP contribution is 2.05. The van der Waals surface area contributed by atoms with Gasteiger partial charge in [0.05, 0.1) is 33.2 Å². The van der Waals surface area contributed by atoms with Crippen molar-refractivity contribution in [2.24, 2.45) is 0 Å². The van der Waals surface area contributed by atoms with Gasteiger partial charge in [-0.1, -0.05) is 29.8 Å². The lowest BCUT2D eigenvalue weighted by atomic mass is 10.1. The maximum absolute atomic E-state index is 11.8. The molecule has 1 aliphatic rings. The number of nitrogens with one attached hydrogen (secondary N) is 2. The molecule has 1 aliphatic heterocycles. The van der Waals surface area contributed by atoms with Crippen LogP contribution < -0.4 is 10.3 Å². The Bertz CT molecular complexity index is 462. The van der Waals surface area contributed by atoms with Gasteiger partial charge in [0.2, 0.25) is 0 Å². The van der Waals surface area contributed by atoms with Crippen LogP contribution in [0.25, 0.3) is 6.08 Å². The molecule has 1 saturated heterocycles. The molecule has 0 unspecified atom stereocenters. The van der Waals surface area contributed by atoms with Crippen LogP contribution in [0.4, 0.5) is 0 Å². The lowest BCUT2D eigenvalue weighted by Crippen LogP contribution is -3.12. The molecule has 0 aromatic heterocycles. The topological polar surface area (TPSA) is 36.8 Å². The van der Waals surface area contributed by atoms with Crippen LogP contribution in [-0.2, 0) is 4.79 Å². The van der Waals surface area contributed by atoms with E-state index in [2.05, 4.69) is 18.5 Å². The first-order valence-corrected chi connectivity index (χ1v) is 6.75. The third-order valence-corrected chi connectivity index (χ3v) is 3.35. The van der Waals surface area contributed by atoms with Crippen LogP contribution in [0, 0.1) is 6.92 Å². The van der Waals surface area contributed by atoms with Gasteiger partial charge in [-0.3, -0.25) is 10.2 Å². The van der Waals surface area contributed by atoms with E-state index in [1.54, 1.807) is 6.08 Å². The molecule has 2 N–H and O–H groups in total. The smallest absolute Gasteiger partial charge is 0.258 e. The van der Waals surface area contributed by atoms with Crippen molar-refractivity contribution >= 4 is 12.0 Å². The molecule has 102 valence electrons. The van der Waals surface area contributed by atoms with Gasteiger partial charge in [0.15, 0.2) is 0 Å². The molecule has 1 amide bonds. The summed E-state index contributed by atoms with van der Waals surface area (Å²) in [5.74, 6) is -0.0546. The number of carbonyl (C=O) groups excluding carboxylic acids is 1. The number of amides is 1. The molecule has 19 heavy (non-hydrogen) atoms. The van der Waals surface area contributed by atoms with Crippen LogP contribution in [0.15, 0.2) is 30.3 Å². The number of benzene rings is 1. The maximum atomic E-state index is 11.8. The van der Waals surface area contributed by atoms with Crippen LogP contribution >= 0.6 is 0 Å². The number of aryl methyl sites for hydroxylation is 1. The number of carbonyl (C=O) groups is 1. The molecule has 0 bridgehead atoms. The number of hydrogen-bond acceptors (Lipinski definition) is 2. The van der Waals surface area contributed by atoms with Gasteiger partial charge in [-0.15, -0.1) is 0 Å². The van der Waals surface area contributed by atoms with Gasteiger partial charge in [-0.05, 0) is 18.6 Å². The number of nitrogens with zero attached hydrogens (tertiary/aromatic N) is 1. The zero-order valence-corrected chi connectivity index (χ0v) is 11.6. The summed E-state index contributed by atoms with van der Waals surface area (Å²) >= 11 is 0. The van der Waals surface area contributed by atoms with E-state index >= 15 is 0 Å². The van der Waals surface area contributed by atoms with Crippen molar-refractivity contribution in [3.8, 4) is 0 Å². The number of quaternary nitrogens is 1. The molecule has 1 aromatic rings. The molecule has 0 atom stereocenters. The fourth-order valence-electron chi connectivity index (χ4n) is 2.14. The van der Waals surface area contributed by atoms with Crippen molar-refractivity contribution in [3.63, 3.8) is 0 Å². The molecule has 4 nitrogen and oxygen atoms in total. The van der Waals surface area contributed by atoms with Crippen LogP contribution in [0.2, 0.25) is 0 Å². The van der Waals surface area contributed by atoms with Crippen LogP contribution in [0.1, 0.15) is 11.1 Å². The third-order valence-electron chi connectivity index (χ3n) is 3.35. The van der Waals surface area contributed by atoms with E-state index in [4.69, 9.17) is 0 Å². The molecule has 1 aromatic carbocycles. The van der Waals surface area contributed by atoms with Gasteiger partial charge in [0.1, 0.15) is 0 Å². The molecule has 0 spiro atoms. The van der Waals surface area contributed by atoms with Crippen molar-refractivity contribution < 1.29 is 9.69 Å². The number of piperazine rings is 1. The van der Waals surface area contributed by atoms with Crippen molar-refractivity contribution in [2.75, 3.05) is 33.2 Å². The minimum atomic E-state index is -0.0546. The number of likely N-dealkylation sites (N-methyl/N-ethyl adjacent to an activating group) is 1. The van der Waals surface area contributed by atoms with Gasteiger partial charge >= 0.3 is 0 Å². The summed E-state index contributed by atoms with van der Waals surface area (Å²) in [5, 5.41) is 2.00.